The van der Waals surface area contributed by atoms with Crippen molar-refractivity contribution in [3.63, 3.8) is 0 Å². The van der Waals surface area contributed by atoms with Gasteiger partial charge in [-0.3, -0.25) is 4.79 Å². The minimum absolute atomic E-state index is 0.0310. The molecule has 0 aromatic heterocycles. The normalized spacial score (nSPS) is 28.0. The van der Waals surface area contributed by atoms with E-state index in [-0.39, 0.29) is 57.9 Å². The highest BCUT2D eigenvalue weighted by molar-refractivity contribution is 9.11. The van der Waals surface area contributed by atoms with Gasteiger partial charge in [0.15, 0.2) is 22.7 Å². The Balaban J connectivity index is 1.64. The zero-order chi connectivity index (χ0) is 38.1. The Morgan fingerprint density at radius 1 is 0.961 bits per heavy atom. The quantitative estimate of drug-likeness (QED) is 0.153. The van der Waals surface area contributed by atoms with Crippen molar-refractivity contribution >= 4 is 60.4 Å². The van der Waals surface area contributed by atoms with Gasteiger partial charge in [-0.05, 0) is 117 Å². The topological polar surface area (TPSA) is 80.3 Å². The zero-order valence-corrected chi connectivity index (χ0v) is 38.1. The van der Waals surface area contributed by atoms with Crippen LogP contribution in [0.4, 0.5) is 0 Å². The van der Waals surface area contributed by atoms with Gasteiger partial charge < -0.3 is 23.1 Å². The molecular formula is C40H62Br2O7Si2. The first-order valence-electron chi connectivity index (χ1n) is 18.8. The van der Waals surface area contributed by atoms with Gasteiger partial charge in [0.1, 0.15) is 11.9 Å². The number of hydrogen-bond donors (Lipinski definition) is 0. The van der Waals surface area contributed by atoms with Gasteiger partial charge in [-0.1, -0.05) is 79.7 Å². The van der Waals surface area contributed by atoms with Crippen molar-refractivity contribution in [2.45, 2.75) is 148 Å². The molecule has 1 aliphatic heterocycles. The summed E-state index contributed by atoms with van der Waals surface area (Å²) in [7, 11) is -4.24. The van der Waals surface area contributed by atoms with Gasteiger partial charge in [0.2, 0.25) is 0 Å². The van der Waals surface area contributed by atoms with E-state index in [0.29, 0.717) is 31.6 Å². The Kier molecular flexibility index (Phi) is 13.9. The molecule has 0 amide bonds. The summed E-state index contributed by atoms with van der Waals surface area (Å²) >= 11 is 7.15. The van der Waals surface area contributed by atoms with Gasteiger partial charge in [0, 0.05) is 18.8 Å². The van der Waals surface area contributed by atoms with Crippen molar-refractivity contribution in [2.75, 3.05) is 6.61 Å². The van der Waals surface area contributed by atoms with E-state index in [4.69, 9.17) is 23.1 Å². The third kappa shape index (κ3) is 10.1. The SMILES string of the molecule is CCC(Oc1c(Br)cccc1Br)C(=O)O[C@H]1C[C@H](O[Si](C)(C)C(C)(C)C)C=C2C=C[C@H](C)[C@H](CCC3C(=O)OCCC3O[Si](C)(C)C(C)(C)C)[C@H]21. The van der Waals surface area contributed by atoms with E-state index in [9.17, 15) is 9.59 Å². The summed E-state index contributed by atoms with van der Waals surface area (Å²) in [6, 6.07) is 5.69. The lowest BCUT2D eigenvalue weighted by atomic mass is 9.66. The highest BCUT2D eigenvalue weighted by Gasteiger charge is 2.48. The monoisotopic (exact) mass is 868 g/mol. The van der Waals surface area contributed by atoms with Crippen LogP contribution in [0, 0.1) is 23.7 Å². The summed E-state index contributed by atoms with van der Waals surface area (Å²) in [6.07, 6.45) is 8.40. The van der Waals surface area contributed by atoms with Crippen molar-refractivity contribution in [2.24, 2.45) is 23.7 Å². The van der Waals surface area contributed by atoms with Crippen molar-refractivity contribution < 1.29 is 32.7 Å². The standard InChI is InChI=1S/C40H62Br2O7Si2/c1-13-32(46-36-30(41)15-14-16-31(36)42)38(44)47-34-24-27(48-50(9,10)39(3,4)5)23-26-18-17-25(2)28(35(26)34)19-20-29-33(21-22-45-37(29)43)49-51(11,12)40(6,7)8/h14-18,23,25,27-29,32-35H,13,19-22,24H2,1-12H3/t25-,27+,28-,29?,32?,33?,34-,35-/m0/s1. The number of carbonyl (C=O) groups excluding carboxylic acids is 2. The fourth-order valence-corrected chi connectivity index (χ4v) is 10.8. The van der Waals surface area contributed by atoms with Crippen molar-refractivity contribution in [1.82, 2.24) is 0 Å². The number of allylic oxidation sites excluding steroid dienone is 2. The molecule has 2 aliphatic carbocycles. The lowest BCUT2D eigenvalue weighted by Crippen LogP contribution is -2.50. The fourth-order valence-electron chi connectivity index (χ4n) is 6.98. The van der Waals surface area contributed by atoms with Gasteiger partial charge >= 0.3 is 11.9 Å². The maximum Gasteiger partial charge on any atom is 0.347 e. The van der Waals surface area contributed by atoms with Crippen LogP contribution < -0.4 is 4.74 Å². The first-order valence-corrected chi connectivity index (χ1v) is 26.2. The molecule has 11 heteroatoms. The molecule has 1 heterocycles. The maximum atomic E-state index is 14.1. The Hall–Kier alpha value is -1.25. The number of benzene rings is 1. The molecular weight excluding hydrogens is 808 g/mol. The average molecular weight is 871 g/mol. The minimum atomic E-state index is -2.13. The van der Waals surface area contributed by atoms with Crippen LogP contribution in [0.1, 0.15) is 87.5 Å². The number of rotatable bonds is 12. The molecule has 1 aromatic carbocycles. The van der Waals surface area contributed by atoms with Crippen LogP contribution in [0.5, 0.6) is 5.75 Å². The molecule has 0 bridgehead atoms. The van der Waals surface area contributed by atoms with Crippen LogP contribution in [0.25, 0.3) is 0 Å². The van der Waals surface area contributed by atoms with Crippen LogP contribution >= 0.6 is 31.9 Å². The molecule has 4 rings (SSSR count). The molecule has 51 heavy (non-hydrogen) atoms. The number of fused-ring (bicyclic) bond motifs is 1. The average Bonchev–Trinajstić information content (AvgIpc) is 3.00. The molecule has 3 aliphatic rings. The van der Waals surface area contributed by atoms with Gasteiger partial charge in [0.05, 0.1) is 33.7 Å². The fraction of sp³-hybridized carbons (Fsp3) is 0.700. The Morgan fingerprint density at radius 3 is 2.16 bits per heavy atom. The van der Waals surface area contributed by atoms with Crippen molar-refractivity contribution in [1.29, 1.82) is 0 Å². The molecule has 3 unspecified atom stereocenters. The third-order valence-corrected chi connectivity index (χ3v) is 22.4. The van der Waals surface area contributed by atoms with Gasteiger partial charge in [0.25, 0.3) is 0 Å². The molecule has 8 atom stereocenters. The number of ether oxygens (including phenoxy) is 3. The highest BCUT2D eigenvalue weighted by Crippen LogP contribution is 2.47. The molecule has 0 radical (unpaired) electrons. The summed E-state index contributed by atoms with van der Waals surface area (Å²) in [5, 5.41) is 0.0689. The Labute approximate surface area is 326 Å². The third-order valence-electron chi connectivity index (χ3n) is 12.2. The molecule has 1 fully saturated rings. The smallest absolute Gasteiger partial charge is 0.347 e. The van der Waals surface area contributed by atoms with E-state index in [1.807, 2.05) is 25.1 Å². The number of cyclic esters (lactones) is 1. The summed E-state index contributed by atoms with van der Waals surface area (Å²) in [4.78, 5) is 27.4. The van der Waals surface area contributed by atoms with Gasteiger partial charge in [-0.15, -0.1) is 0 Å². The molecule has 286 valence electrons. The number of para-hydroxylation sites is 1. The zero-order valence-electron chi connectivity index (χ0n) is 32.9. The highest BCUT2D eigenvalue weighted by atomic mass is 79.9. The van der Waals surface area contributed by atoms with Crippen LogP contribution in [0.3, 0.4) is 0 Å². The second kappa shape index (κ2) is 16.6. The molecule has 0 saturated carbocycles. The van der Waals surface area contributed by atoms with E-state index in [0.717, 1.165) is 27.4 Å². The summed E-state index contributed by atoms with van der Waals surface area (Å²) in [6.45, 7) is 27.0. The molecule has 1 aromatic rings. The second-order valence-corrected chi connectivity index (χ2v) is 29.0. The summed E-state index contributed by atoms with van der Waals surface area (Å²) < 4.78 is 33.8. The number of esters is 2. The summed E-state index contributed by atoms with van der Waals surface area (Å²) in [5.41, 5.74) is 1.15. The lowest BCUT2D eigenvalue weighted by molar-refractivity contribution is -0.163. The number of carbonyl (C=O) groups is 2. The van der Waals surface area contributed by atoms with E-state index in [1.54, 1.807) is 0 Å². The van der Waals surface area contributed by atoms with E-state index < -0.39 is 28.8 Å². The predicted molar refractivity (Wildman–Crippen MR) is 217 cm³/mol. The van der Waals surface area contributed by atoms with Crippen molar-refractivity contribution in [3.05, 3.63) is 50.9 Å². The Bertz CT molecular complexity index is 1440. The lowest BCUT2D eigenvalue weighted by Gasteiger charge is -2.46. The van der Waals surface area contributed by atoms with Crippen LogP contribution in [0.15, 0.2) is 50.9 Å². The van der Waals surface area contributed by atoms with Crippen LogP contribution in [-0.4, -0.2) is 59.6 Å². The first kappa shape index (κ1) is 42.5. The predicted octanol–water partition coefficient (Wildman–Crippen LogP) is 11.2. The van der Waals surface area contributed by atoms with E-state index in [1.165, 1.54) is 0 Å². The van der Waals surface area contributed by atoms with Crippen LogP contribution in [-0.2, 0) is 27.9 Å². The second-order valence-electron chi connectivity index (χ2n) is 17.8. The maximum absolute atomic E-state index is 14.1. The minimum Gasteiger partial charge on any atom is -0.476 e. The van der Waals surface area contributed by atoms with Gasteiger partial charge in [-0.25, -0.2) is 4.79 Å². The largest absolute Gasteiger partial charge is 0.476 e. The molecule has 1 saturated heterocycles. The number of hydrogen-bond acceptors (Lipinski definition) is 7. The number of halogens is 2. The molecule has 0 N–H and O–H groups in total. The van der Waals surface area contributed by atoms with E-state index >= 15 is 0 Å². The van der Waals surface area contributed by atoms with Gasteiger partial charge in [-0.2, -0.15) is 0 Å². The molecule has 0 spiro atoms. The molecule has 7 nitrogen and oxygen atoms in total. The van der Waals surface area contributed by atoms with Crippen molar-refractivity contribution in [3.8, 4) is 5.75 Å². The first-order chi connectivity index (χ1) is 23.6. The van der Waals surface area contributed by atoms with E-state index in [2.05, 4.69) is 125 Å². The summed E-state index contributed by atoms with van der Waals surface area (Å²) in [5.74, 6) is 0.0474. The Morgan fingerprint density at radius 2 is 1.57 bits per heavy atom. The van der Waals surface area contributed by atoms with Crippen LogP contribution in [0.2, 0.25) is 36.3 Å².